The maximum Gasteiger partial charge on any atom is 0.271 e. The van der Waals surface area contributed by atoms with Gasteiger partial charge in [0.2, 0.25) is 0 Å². The Bertz CT molecular complexity index is 838. The van der Waals surface area contributed by atoms with E-state index in [-0.39, 0.29) is 4.21 Å². The predicted octanol–water partition coefficient (Wildman–Crippen LogP) is 3.19. The fourth-order valence-corrected chi connectivity index (χ4v) is 4.77. The van der Waals surface area contributed by atoms with Crippen LogP contribution in [0.1, 0.15) is 0 Å². The van der Waals surface area contributed by atoms with E-state index >= 15 is 0 Å². The molecule has 0 aliphatic heterocycles. The molecule has 0 atom stereocenters. The quantitative estimate of drug-likeness (QED) is 0.755. The van der Waals surface area contributed by atoms with Gasteiger partial charge >= 0.3 is 0 Å². The van der Waals surface area contributed by atoms with Crippen LogP contribution in [0.25, 0.3) is 10.9 Å². The molecule has 0 saturated heterocycles. The Morgan fingerprint density at radius 1 is 1.26 bits per heavy atom. The Morgan fingerprint density at radius 2 is 2.11 bits per heavy atom. The summed E-state index contributed by atoms with van der Waals surface area (Å²) in [5.74, 6) is 0. The molecule has 0 unspecified atom stereocenters. The minimum Gasteiger partial charge on any atom is -0.277 e. The molecule has 0 aliphatic carbocycles. The number of hydrogen-bond donors (Lipinski definition) is 2. The van der Waals surface area contributed by atoms with Crippen molar-refractivity contribution >= 4 is 53.9 Å². The van der Waals surface area contributed by atoms with Crippen molar-refractivity contribution in [3.05, 3.63) is 40.3 Å². The smallest absolute Gasteiger partial charge is 0.271 e. The summed E-state index contributed by atoms with van der Waals surface area (Å²) in [5.41, 5.74) is 1.15. The van der Waals surface area contributed by atoms with Gasteiger partial charge in [-0.3, -0.25) is 9.82 Å². The minimum absolute atomic E-state index is 0.260. The molecule has 0 bridgehead atoms. The topological polar surface area (TPSA) is 74.8 Å². The van der Waals surface area contributed by atoms with Gasteiger partial charge in [0.25, 0.3) is 10.0 Å². The first-order chi connectivity index (χ1) is 9.06. The highest BCUT2D eigenvalue weighted by molar-refractivity contribution is 9.11. The van der Waals surface area contributed by atoms with E-state index in [1.807, 2.05) is 6.07 Å². The first-order valence-electron chi connectivity index (χ1n) is 5.26. The van der Waals surface area contributed by atoms with Crippen LogP contribution >= 0.6 is 27.3 Å². The van der Waals surface area contributed by atoms with E-state index in [1.165, 1.54) is 0 Å². The van der Waals surface area contributed by atoms with Crippen LogP contribution in [-0.4, -0.2) is 18.6 Å². The largest absolute Gasteiger partial charge is 0.277 e. The molecule has 1 aromatic carbocycles. The van der Waals surface area contributed by atoms with E-state index in [2.05, 4.69) is 30.8 Å². The first-order valence-corrected chi connectivity index (χ1v) is 8.36. The van der Waals surface area contributed by atoms with E-state index in [9.17, 15) is 8.42 Å². The number of nitrogens with zero attached hydrogens (tertiary/aromatic N) is 1. The maximum atomic E-state index is 12.2. The van der Waals surface area contributed by atoms with Crippen LogP contribution in [0, 0.1) is 0 Å². The fourth-order valence-electron chi connectivity index (χ4n) is 1.69. The number of rotatable bonds is 3. The van der Waals surface area contributed by atoms with Crippen LogP contribution in [-0.2, 0) is 10.0 Å². The van der Waals surface area contributed by atoms with E-state index in [0.29, 0.717) is 11.2 Å². The number of anilines is 1. The normalized spacial score (nSPS) is 11.8. The summed E-state index contributed by atoms with van der Waals surface area (Å²) in [6.45, 7) is 0. The van der Waals surface area contributed by atoms with Crippen molar-refractivity contribution in [1.82, 2.24) is 10.2 Å². The Kier molecular flexibility index (Phi) is 3.08. The fraction of sp³-hybridized carbons (Fsp3) is 0. The molecule has 8 heteroatoms. The highest BCUT2D eigenvalue weighted by atomic mass is 79.9. The molecule has 19 heavy (non-hydrogen) atoms. The zero-order valence-corrected chi connectivity index (χ0v) is 12.6. The summed E-state index contributed by atoms with van der Waals surface area (Å²) in [7, 11) is -3.57. The highest BCUT2D eigenvalue weighted by Gasteiger charge is 2.18. The van der Waals surface area contributed by atoms with Crippen molar-refractivity contribution in [1.29, 1.82) is 0 Å². The molecule has 2 N–H and O–H groups in total. The first kappa shape index (κ1) is 12.6. The molecule has 0 fully saturated rings. The van der Waals surface area contributed by atoms with Gasteiger partial charge in [-0.1, -0.05) is 12.1 Å². The van der Waals surface area contributed by atoms with Crippen LogP contribution in [0.3, 0.4) is 0 Å². The summed E-state index contributed by atoms with van der Waals surface area (Å²) in [4.78, 5) is 0. The summed E-state index contributed by atoms with van der Waals surface area (Å²) in [6, 6.07) is 8.60. The third-order valence-corrected chi connectivity index (χ3v) is 6.02. The second-order valence-corrected chi connectivity index (χ2v) is 8.18. The zero-order chi connectivity index (χ0) is 13.5. The van der Waals surface area contributed by atoms with E-state index in [4.69, 9.17) is 0 Å². The van der Waals surface area contributed by atoms with Gasteiger partial charge < -0.3 is 0 Å². The van der Waals surface area contributed by atoms with Gasteiger partial charge in [-0.2, -0.15) is 5.10 Å². The van der Waals surface area contributed by atoms with Crippen molar-refractivity contribution < 1.29 is 8.42 Å². The molecule has 0 aliphatic rings. The minimum atomic E-state index is -3.57. The lowest BCUT2D eigenvalue weighted by Gasteiger charge is -2.06. The Balaban J connectivity index is 2.03. The van der Waals surface area contributed by atoms with Gasteiger partial charge in [0.1, 0.15) is 4.21 Å². The molecule has 0 saturated carbocycles. The Hall–Kier alpha value is -1.38. The highest BCUT2D eigenvalue weighted by Crippen LogP contribution is 2.29. The molecule has 0 radical (unpaired) electrons. The lowest BCUT2D eigenvalue weighted by atomic mass is 10.2. The average Bonchev–Trinajstić information content (AvgIpc) is 2.97. The van der Waals surface area contributed by atoms with E-state index in [1.54, 1.807) is 30.5 Å². The molecule has 2 heterocycles. The third kappa shape index (κ3) is 2.38. The molecular weight excluding hydrogens is 350 g/mol. The molecule has 0 spiro atoms. The van der Waals surface area contributed by atoms with Crippen LogP contribution in [0.15, 0.2) is 44.5 Å². The number of sulfonamides is 1. The van der Waals surface area contributed by atoms with Gasteiger partial charge in [-0.25, -0.2) is 8.42 Å². The predicted molar refractivity (Wildman–Crippen MR) is 78.9 cm³/mol. The molecule has 3 rings (SSSR count). The van der Waals surface area contributed by atoms with Crippen LogP contribution < -0.4 is 4.72 Å². The number of halogens is 1. The van der Waals surface area contributed by atoms with Crippen LogP contribution in [0.4, 0.5) is 5.69 Å². The van der Waals surface area contributed by atoms with E-state index in [0.717, 1.165) is 20.5 Å². The summed E-state index contributed by atoms with van der Waals surface area (Å²) < 4.78 is 28.0. The summed E-state index contributed by atoms with van der Waals surface area (Å²) in [5, 5.41) is 7.54. The van der Waals surface area contributed by atoms with Crippen molar-refractivity contribution in [2.24, 2.45) is 0 Å². The van der Waals surface area contributed by atoms with Crippen molar-refractivity contribution in [2.45, 2.75) is 4.21 Å². The van der Waals surface area contributed by atoms with Crippen molar-refractivity contribution in [3.8, 4) is 0 Å². The van der Waals surface area contributed by atoms with Gasteiger partial charge in [-0.05, 0) is 34.1 Å². The lowest BCUT2D eigenvalue weighted by Crippen LogP contribution is -2.11. The summed E-state index contributed by atoms with van der Waals surface area (Å²) in [6.07, 6.45) is 1.65. The molecule has 5 nitrogen and oxygen atoms in total. The van der Waals surface area contributed by atoms with Crippen LogP contribution in [0.2, 0.25) is 0 Å². The number of benzene rings is 1. The van der Waals surface area contributed by atoms with Crippen molar-refractivity contribution in [2.75, 3.05) is 4.72 Å². The third-order valence-electron chi connectivity index (χ3n) is 2.53. The van der Waals surface area contributed by atoms with Crippen LogP contribution in [0.5, 0.6) is 0 Å². The van der Waals surface area contributed by atoms with Gasteiger partial charge in [0, 0.05) is 5.39 Å². The Labute approximate surface area is 121 Å². The zero-order valence-electron chi connectivity index (χ0n) is 9.42. The average molecular weight is 358 g/mol. The number of thiophene rings is 1. The van der Waals surface area contributed by atoms with Crippen molar-refractivity contribution in [3.63, 3.8) is 0 Å². The number of aromatic amines is 1. The number of aromatic nitrogens is 2. The van der Waals surface area contributed by atoms with E-state index < -0.39 is 10.0 Å². The second kappa shape index (κ2) is 4.62. The molecular formula is C11H8BrN3O2S2. The number of nitrogens with one attached hydrogen (secondary N) is 2. The number of hydrogen-bond acceptors (Lipinski definition) is 4. The SMILES string of the molecule is O=S(=O)(Nc1cccc2cn[nH]c12)c1ccc(Br)s1. The monoisotopic (exact) mass is 357 g/mol. The second-order valence-electron chi connectivity index (χ2n) is 3.80. The maximum absolute atomic E-state index is 12.2. The Morgan fingerprint density at radius 3 is 2.84 bits per heavy atom. The molecule has 3 aromatic rings. The summed E-state index contributed by atoms with van der Waals surface area (Å²) >= 11 is 4.42. The molecule has 2 aromatic heterocycles. The van der Waals surface area contributed by atoms with Gasteiger partial charge in [0.15, 0.2) is 0 Å². The molecule has 0 amide bonds. The lowest BCUT2D eigenvalue weighted by molar-refractivity contribution is 0.603. The number of para-hydroxylation sites is 1. The number of H-pyrrole nitrogens is 1. The van der Waals surface area contributed by atoms with Gasteiger partial charge in [-0.15, -0.1) is 11.3 Å². The standard InChI is InChI=1S/C11H8BrN3O2S2/c12-9-4-5-10(18-9)19(16,17)15-8-3-1-2-7-6-13-14-11(7)8/h1-6,15H,(H,13,14). The molecule has 98 valence electrons. The number of fused-ring (bicyclic) bond motifs is 1. The van der Waals surface area contributed by atoms with Gasteiger partial charge in [0.05, 0.1) is 21.2 Å².